The molecule has 1 atom stereocenters. The van der Waals surface area contributed by atoms with Crippen LogP contribution in [0.15, 0.2) is 59.1 Å². The summed E-state index contributed by atoms with van der Waals surface area (Å²) in [6.45, 7) is 3.47. The summed E-state index contributed by atoms with van der Waals surface area (Å²) in [5.74, 6) is -0.938. The fraction of sp³-hybridized carbons (Fsp3) is 0.158. The monoisotopic (exact) mass is 387 g/mol. The molecule has 0 unspecified atom stereocenters. The highest BCUT2D eigenvalue weighted by Crippen LogP contribution is 2.13. The highest BCUT2D eigenvalue weighted by molar-refractivity contribution is 9.10. The Morgan fingerprint density at radius 2 is 1.92 bits per heavy atom. The molecule has 0 aromatic heterocycles. The second-order valence-corrected chi connectivity index (χ2v) is 6.24. The molecule has 0 fully saturated rings. The maximum Gasteiger partial charge on any atom is 0.331 e. The van der Waals surface area contributed by atoms with Gasteiger partial charge in [-0.15, -0.1) is 0 Å². The molecule has 2 aromatic carbocycles. The fourth-order valence-corrected chi connectivity index (χ4v) is 2.43. The Kier molecular flexibility index (Phi) is 6.32. The highest BCUT2D eigenvalue weighted by Gasteiger charge is 2.16. The summed E-state index contributed by atoms with van der Waals surface area (Å²) >= 11 is 3.36. The van der Waals surface area contributed by atoms with E-state index >= 15 is 0 Å². The van der Waals surface area contributed by atoms with Gasteiger partial charge in [0.1, 0.15) is 0 Å². The number of hydrogen-bond donors (Lipinski definition) is 1. The zero-order valence-corrected chi connectivity index (χ0v) is 15.0. The summed E-state index contributed by atoms with van der Waals surface area (Å²) in [5.41, 5.74) is 2.57. The fourth-order valence-electron chi connectivity index (χ4n) is 2.01. The summed E-state index contributed by atoms with van der Waals surface area (Å²) in [4.78, 5) is 23.9. The largest absolute Gasteiger partial charge is 0.449 e. The molecular formula is C19H18BrNO3. The van der Waals surface area contributed by atoms with Gasteiger partial charge in [0.25, 0.3) is 5.91 Å². The Bertz CT molecular complexity index is 771. The lowest BCUT2D eigenvalue weighted by atomic mass is 10.2. The molecule has 0 heterocycles. The zero-order valence-electron chi connectivity index (χ0n) is 13.5. The molecule has 1 N–H and O–H groups in total. The maximum atomic E-state index is 12.1. The van der Waals surface area contributed by atoms with Gasteiger partial charge in [-0.25, -0.2) is 4.79 Å². The summed E-state index contributed by atoms with van der Waals surface area (Å²) in [6, 6.07) is 14.9. The molecule has 4 nitrogen and oxygen atoms in total. The van der Waals surface area contributed by atoms with Crippen LogP contribution in [-0.2, 0) is 14.3 Å². The number of rotatable bonds is 5. The van der Waals surface area contributed by atoms with E-state index in [0.29, 0.717) is 5.69 Å². The summed E-state index contributed by atoms with van der Waals surface area (Å²) in [6.07, 6.45) is 2.06. The number of benzene rings is 2. The Morgan fingerprint density at radius 3 is 2.62 bits per heavy atom. The van der Waals surface area contributed by atoms with Crippen molar-refractivity contribution < 1.29 is 14.3 Å². The third kappa shape index (κ3) is 5.66. The summed E-state index contributed by atoms with van der Waals surface area (Å²) in [5, 5.41) is 2.72. The molecule has 0 aliphatic heterocycles. The summed E-state index contributed by atoms with van der Waals surface area (Å²) < 4.78 is 6.04. The second-order valence-electron chi connectivity index (χ2n) is 5.33. The van der Waals surface area contributed by atoms with E-state index < -0.39 is 12.1 Å². The average Bonchev–Trinajstić information content (AvgIpc) is 2.53. The SMILES string of the molecule is Cc1cccc(NC(=O)[C@@H](C)OC(=O)/C=C/c2cccc(Br)c2)c1. The number of carbonyl (C=O) groups is 2. The quantitative estimate of drug-likeness (QED) is 0.613. The van der Waals surface area contributed by atoms with Gasteiger partial charge in [-0.2, -0.15) is 0 Å². The first-order valence-electron chi connectivity index (χ1n) is 7.46. The van der Waals surface area contributed by atoms with E-state index in [1.807, 2.05) is 49.4 Å². The van der Waals surface area contributed by atoms with E-state index in [1.54, 1.807) is 12.1 Å². The number of carbonyl (C=O) groups excluding carboxylic acids is 2. The number of esters is 1. The van der Waals surface area contributed by atoms with Crippen molar-refractivity contribution >= 4 is 39.6 Å². The molecule has 2 aromatic rings. The van der Waals surface area contributed by atoms with Gasteiger partial charge in [0.2, 0.25) is 0 Å². The number of nitrogens with one attached hydrogen (secondary N) is 1. The maximum absolute atomic E-state index is 12.1. The minimum absolute atomic E-state index is 0.371. The van der Waals surface area contributed by atoms with E-state index in [-0.39, 0.29) is 5.91 Å². The minimum Gasteiger partial charge on any atom is -0.449 e. The number of halogens is 1. The van der Waals surface area contributed by atoms with E-state index in [9.17, 15) is 9.59 Å². The molecule has 5 heteroatoms. The van der Waals surface area contributed by atoms with E-state index in [4.69, 9.17) is 4.74 Å². The molecular weight excluding hydrogens is 370 g/mol. The van der Waals surface area contributed by atoms with Gasteiger partial charge in [0, 0.05) is 16.2 Å². The van der Waals surface area contributed by atoms with Crippen LogP contribution in [0.3, 0.4) is 0 Å². The van der Waals surface area contributed by atoms with Crippen LogP contribution in [-0.4, -0.2) is 18.0 Å². The molecule has 0 aliphatic rings. The lowest BCUT2D eigenvalue weighted by Gasteiger charge is -2.12. The Hall–Kier alpha value is -2.40. The van der Waals surface area contributed by atoms with Crippen LogP contribution >= 0.6 is 15.9 Å². The predicted molar refractivity (Wildman–Crippen MR) is 98.5 cm³/mol. The highest BCUT2D eigenvalue weighted by atomic mass is 79.9. The van der Waals surface area contributed by atoms with Crippen LogP contribution < -0.4 is 5.32 Å². The Labute approximate surface area is 149 Å². The molecule has 0 saturated heterocycles. The number of amides is 1. The minimum atomic E-state index is -0.884. The predicted octanol–water partition coefficient (Wildman–Crippen LogP) is 4.34. The first kappa shape index (κ1) is 17.9. The number of aryl methyl sites for hydroxylation is 1. The van der Waals surface area contributed by atoms with Gasteiger partial charge in [0.05, 0.1) is 0 Å². The normalized spacial score (nSPS) is 12.0. The van der Waals surface area contributed by atoms with Gasteiger partial charge in [-0.05, 0) is 55.3 Å². The molecule has 0 aliphatic carbocycles. The molecule has 0 radical (unpaired) electrons. The van der Waals surface area contributed by atoms with Crippen LogP contribution in [0.25, 0.3) is 6.08 Å². The third-order valence-electron chi connectivity index (χ3n) is 3.21. The van der Waals surface area contributed by atoms with Crippen molar-refractivity contribution in [2.75, 3.05) is 5.32 Å². The smallest absolute Gasteiger partial charge is 0.331 e. The first-order chi connectivity index (χ1) is 11.4. The van der Waals surface area contributed by atoms with Crippen LogP contribution in [0.4, 0.5) is 5.69 Å². The van der Waals surface area contributed by atoms with Gasteiger partial charge in [-0.1, -0.05) is 40.2 Å². The van der Waals surface area contributed by atoms with Crippen molar-refractivity contribution in [1.29, 1.82) is 0 Å². The van der Waals surface area contributed by atoms with Crippen LogP contribution in [0.1, 0.15) is 18.1 Å². The second kappa shape index (κ2) is 8.45. The van der Waals surface area contributed by atoms with Crippen molar-refractivity contribution in [3.8, 4) is 0 Å². The standard InChI is InChI=1S/C19H18BrNO3/c1-13-5-3-8-17(11-13)21-19(23)14(2)24-18(22)10-9-15-6-4-7-16(20)12-15/h3-12,14H,1-2H3,(H,21,23)/b10-9+/t14-/m1/s1. The van der Waals surface area contributed by atoms with Crippen molar-refractivity contribution in [2.24, 2.45) is 0 Å². The lowest BCUT2D eigenvalue weighted by Crippen LogP contribution is -2.29. The zero-order chi connectivity index (χ0) is 17.5. The van der Waals surface area contributed by atoms with Gasteiger partial charge in [0.15, 0.2) is 6.10 Å². The molecule has 24 heavy (non-hydrogen) atoms. The molecule has 2 rings (SSSR count). The first-order valence-corrected chi connectivity index (χ1v) is 8.25. The summed E-state index contributed by atoms with van der Waals surface area (Å²) in [7, 11) is 0. The molecule has 0 saturated carbocycles. The molecule has 0 bridgehead atoms. The molecule has 124 valence electrons. The Morgan fingerprint density at radius 1 is 1.17 bits per heavy atom. The van der Waals surface area contributed by atoms with Crippen LogP contribution in [0.2, 0.25) is 0 Å². The van der Waals surface area contributed by atoms with E-state index in [1.165, 1.54) is 13.0 Å². The van der Waals surface area contributed by atoms with Crippen LogP contribution in [0, 0.1) is 6.92 Å². The van der Waals surface area contributed by atoms with Crippen molar-refractivity contribution in [2.45, 2.75) is 20.0 Å². The number of ether oxygens (including phenoxy) is 1. The van der Waals surface area contributed by atoms with Gasteiger partial charge < -0.3 is 10.1 Å². The average molecular weight is 388 g/mol. The Balaban J connectivity index is 1.89. The van der Waals surface area contributed by atoms with E-state index in [0.717, 1.165) is 15.6 Å². The number of hydrogen-bond acceptors (Lipinski definition) is 3. The van der Waals surface area contributed by atoms with Crippen molar-refractivity contribution in [3.05, 3.63) is 70.2 Å². The lowest BCUT2D eigenvalue weighted by molar-refractivity contribution is -0.148. The van der Waals surface area contributed by atoms with Gasteiger partial charge in [-0.3, -0.25) is 4.79 Å². The third-order valence-corrected chi connectivity index (χ3v) is 3.70. The molecule has 1 amide bonds. The topological polar surface area (TPSA) is 55.4 Å². The van der Waals surface area contributed by atoms with Gasteiger partial charge >= 0.3 is 5.97 Å². The van der Waals surface area contributed by atoms with E-state index in [2.05, 4.69) is 21.2 Å². The number of anilines is 1. The van der Waals surface area contributed by atoms with Crippen molar-refractivity contribution in [1.82, 2.24) is 0 Å². The van der Waals surface area contributed by atoms with Crippen molar-refractivity contribution in [3.63, 3.8) is 0 Å². The molecule has 0 spiro atoms. The van der Waals surface area contributed by atoms with Crippen LogP contribution in [0.5, 0.6) is 0 Å².